The molecule has 0 aliphatic rings. The fraction of sp³-hybridized carbons (Fsp3) is 0.444. The summed E-state index contributed by atoms with van der Waals surface area (Å²) in [7, 11) is 0. The predicted molar refractivity (Wildman–Crippen MR) is 69.2 cm³/mol. The SMILES string of the molecule is CC(CCl)CSc1ncc(Br)cc1[N+](=O)[O-]. The van der Waals surface area contributed by atoms with Crippen molar-refractivity contribution in [2.75, 3.05) is 11.6 Å². The van der Waals surface area contributed by atoms with Crippen LogP contribution in [0.5, 0.6) is 0 Å². The molecule has 1 heterocycles. The minimum atomic E-state index is -0.425. The van der Waals surface area contributed by atoms with E-state index in [1.807, 2.05) is 6.92 Å². The van der Waals surface area contributed by atoms with Crippen LogP contribution in [0.4, 0.5) is 5.69 Å². The molecule has 16 heavy (non-hydrogen) atoms. The third-order valence-electron chi connectivity index (χ3n) is 1.76. The second-order valence-electron chi connectivity index (χ2n) is 3.31. The first-order chi connectivity index (χ1) is 7.54. The van der Waals surface area contributed by atoms with Gasteiger partial charge in [-0.05, 0) is 21.8 Å². The number of nitrogens with zero attached hydrogens (tertiary/aromatic N) is 2. The van der Waals surface area contributed by atoms with Crippen LogP contribution < -0.4 is 0 Å². The smallest absolute Gasteiger partial charge is 0.258 e. The van der Waals surface area contributed by atoms with Gasteiger partial charge in [0.1, 0.15) is 0 Å². The van der Waals surface area contributed by atoms with Gasteiger partial charge in [0, 0.05) is 28.4 Å². The topological polar surface area (TPSA) is 56.0 Å². The molecule has 1 atom stereocenters. The number of alkyl halides is 1. The Hall–Kier alpha value is -0.330. The zero-order valence-corrected chi connectivity index (χ0v) is 11.7. The maximum absolute atomic E-state index is 10.8. The Bertz CT molecular complexity index is 392. The van der Waals surface area contributed by atoms with Crippen LogP contribution in [-0.2, 0) is 0 Å². The first-order valence-electron chi connectivity index (χ1n) is 4.53. The Morgan fingerprint density at radius 3 is 3.00 bits per heavy atom. The van der Waals surface area contributed by atoms with Crippen molar-refractivity contribution in [1.82, 2.24) is 4.98 Å². The lowest BCUT2D eigenvalue weighted by Gasteiger charge is -2.06. The Morgan fingerprint density at radius 1 is 1.75 bits per heavy atom. The van der Waals surface area contributed by atoms with Crippen LogP contribution in [0.15, 0.2) is 21.8 Å². The summed E-state index contributed by atoms with van der Waals surface area (Å²) in [5.74, 6) is 1.56. The van der Waals surface area contributed by atoms with E-state index in [2.05, 4.69) is 20.9 Å². The summed E-state index contributed by atoms with van der Waals surface area (Å²) in [6, 6.07) is 1.46. The van der Waals surface area contributed by atoms with Crippen molar-refractivity contribution in [2.24, 2.45) is 5.92 Å². The molecule has 0 aliphatic carbocycles. The van der Waals surface area contributed by atoms with E-state index in [1.54, 1.807) is 6.20 Å². The molecule has 0 saturated heterocycles. The molecule has 0 radical (unpaired) electrons. The van der Waals surface area contributed by atoms with Gasteiger partial charge in [0.25, 0.3) is 0 Å². The fourth-order valence-electron chi connectivity index (χ4n) is 0.924. The van der Waals surface area contributed by atoms with E-state index < -0.39 is 4.92 Å². The molecule has 1 unspecified atom stereocenters. The molecule has 0 aromatic carbocycles. The number of hydrogen-bond donors (Lipinski definition) is 0. The third kappa shape index (κ3) is 3.92. The molecular weight excluding hydrogens is 316 g/mol. The van der Waals surface area contributed by atoms with Gasteiger partial charge in [-0.2, -0.15) is 0 Å². The molecule has 1 aromatic rings. The molecule has 88 valence electrons. The quantitative estimate of drug-likeness (QED) is 0.358. The molecule has 1 aromatic heterocycles. The van der Waals surface area contributed by atoms with Gasteiger partial charge in [-0.15, -0.1) is 11.6 Å². The second kappa shape index (κ2) is 6.42. The van der Waals surface area contributed by atoms with Crippen LogP contribution in [0.25, 0.3) is 0 Å². The zero-order valence-electron chi connectivity index (χ0n) is 8.52. The van der Waals surface area contributed by atoms with Gasteiger partial charge in [-0.1, -0.05) is 18.7 Å². The molecule has 1 rings (SSSR count). The fourth-order valence-corrected chi connectivity index (χ4v) is 2.45. The van der Waals surface area contributed by atoms with Crippen molar-refractivity contribution in [2.45, 2.75) is 11.9 Å². The molecule has 0 saturated carbocycles. The maximum Gasteiger partial charge on any atom is 0.302 e. The van der Waals surface area contributed by atoms with Crippen LogP contribution in [0, 0.1) is 16.0 Å². The molecule has 0 aliphatic heterocycles. The van der Waals surface area contributed by atoms with Gasteiger partial charge in [0.15, 0.2) is 5.03 Å². The third-order valence-corrected chi connectivity index (χ3v) is 4.05. The average Bonchev–Trinajstić information content (AvgIpc) is 2.26. The number of hydrogen-bond acceptors (Lipinski definition) is 4. The van der Waals surface area contributed by atoms with Crippen LogP contribution in [0.1, 0.15) is 6.92 Å². The predicted octanol–water partition coefficient (Wildman–Crippen LogP) is 3.72. The van der Waals surface area contributed by atoms with E-state index in [-0.39, 0.29) is 5.69 Å². The highest BCUT2D eigenvalue weighted by Gasteiger charge is 2.17. The lowest BCUT2D eigenvalue weighted by atomic mass is 10.3. The van der Waals surface area contributed by atoms with Gasteiger partial charge < -0.3 is 0 Å². The molecule has 0 fully saturated rings. The van der Waals surface area contributed by atoms with E-state index in [9.17, 15) is 10.1 Å². The summed E-state index contributed by atoms with van der Waals surface area (Å²) in [6.45, 7) is 1.99. The minimum absolute atomic E-state index is 0.0288. The summed E-state index contributed by atoms with van der Waals surface area (Å²) >= 11 is 10.2. The molecule has 0 amide bonds. The van der Waals surface area contributed by atoms with E-state index in [0.717, 1.165) is 5.75 Å². The van der Waals surface area contributed by atoms with Crippen molar-refractivity contribution in [3.8, 4) is 0 Å². The number of pyridine rings is 1. The summed E-state index contributed by atoms with van der Waals surface area (Å²) in [5, 5.41) is 11.2. The van der Waals surface area contributed by atoms with E-state index in [1.165, 1.54) is 17.8 Å². The van der Waals surface area contributed by atoms with Gasteiger partial charge in [-0.25, -0.2) is 4.98 Å². The number of thioether (sulfide) groups is 1. The van der Waals surface area contributed by atoms with Crippen LogP contribution in [-0.4, -0.2) is 21.5 Å². The van der Waals surface area contributed by atoms with Crippen LogP contribution in [0.2, 0.25) is 0 Å². The highest BCUT2D eigenvalue weighted by atomic mass is 79.9. The lowest BCUT2D eigenvalue weighted by molar-refractivity contribution is -0.388. The normalized spacial score (nSPS) is 12.4. The first-order valence-corrected chi connectivity index (χ1v) is 6.84. The Labute approximate surface area is 111 Å². The average molecular weight is 326 g/mol. The number of halogens is 2. The number of aromatic nitrogens is 1. The summed E-state index contributed by atoms with van der Waals surface area (Å²) in [4.78, 5) is 14.4. The minimum Gasteiger partial charge on any atom is -0.258 e. The lowest BCUT2D eigenvalue weighted by Crippen LogP contribution is -2.01. The molecule has 0 bridgehead atoms. The second-order valence-corrected chi connectivity index (χ2v) is 5.54. The molecular formula is C9H10BrClN2O2S. The maximum atomic E-state index is 10.8. The number of rotatable bonds is 5. The Kier molecular flexibility index (Phi) is 5.51. The standard InChI is InChI=1S/C9H10BrClN2O2S/c1-6(3-11)5-16-9-8(13(14)15)2-7(10)4-12-9/h2,4,6H,3,5H2,1H3. The molecule has 7 heteroatoms. The van der Waals surface area contributed by atoms with Crippen molar-refractivity contribution in [1.29, 1.82) is 0 Å². The summed E-state index contributed by atoms with van der Waals surface area (Å²) < 4.78 is 0.606. The Morgan fingerprint density at radius 2 is 2.44 bits per heavy atom. The zero-order chi connectivity index (χ0) is 12.1. The summed E-state index contributed by atoms with van der Waals surface area (Å²) in [6.07, 6.45) is 1.56. The van der Waals surface area contributed by atoms with E-state index >= 15 is 0 Å². The van der Waals surface area contributed by atoms with Crippen molar-refractivity contribution < 1.29 is 4.92 Å². The van der Waals surface area contributed by atoms with Gasteiger partial charge in [0.2, 0.25) is 0 Å². The van der Waals surface area contributed by atoms with Gasteiger partial charge in [0.05, 0.1) is 4.92 Å². The van der Waals surface area contributed by atoms with Gasteiger partial charge in [-0.3, -0.25) is 10.1 Å². The molecule has 0 N–H and O–H groups in total. The van der Waals surface area contributed by atoms with Crippen molar-refractivity contribution in [3.05, 3.63) is 26.9 Å². The van der Waals surface area contributed by atoms with Gasteiger partial charge >= 0.3 is 5.69 Å². The first kappa shape index (κ1) is 13.7. The largest absolute Gasteiger partial charge is 0.302 e. The summed E-state index contributed by atoms with van der Waals surface area (Å²) in [5.41, 5.74) is 0.0288. The highest BCUT2D eigenvalue weighted by molar-refractivity contribution is 9.10. The molecule has 0 spiro atoms. The monoisotopic (exact) mass is 324 g/mol. The van der Waals surface area contributed by atoms with E-state index in [4.69, 9.17) is 11.6 Å². The Balaban J connectivity index is 2.82. The number of nitro groups is 1. The van der Waals surface area contributed by atoms with Crippen LogP contribution in [0.3, 0.4) is 0 Å². The van der Waals surface area contributed by atoms with Crippen molar-refractivity contribution >= 4 is 45.0 Å². The molecule has 4 nitrogen and oxygen atoms in total. The van der Waals surface area contributed by atoms with E-state index in [0.29, 0.717) is 21.3 Å². The van der Waals surface area contributed by atoms with Crippen molar-refractivity contribution in [3.63, 3.8) is 0 Å². The highest BCUT2D eigenvalue weighted by Crippen LogP contribution is 2.30. The van der Waals surface area contributed by atoms with Crippen LogP contribution >= 0.6 is 39.3 Å².